The van der Waals surface area contributed by atoms with Crippen LogP contribution >= 0.6 is 0 Å². The molecule has 1 rings (SSSR count). The fourth-order valence-corrected chi connectivity index (χ4v) is 1.71. The van der Waals surface area contributed by atoms with Gasteiger partial charge in [0, 0.05) is 13.6 Å². The summed E-state index contributed by atoms with van der Waals surface area (Å²) in [5, 5.41) is 16.0. The number of nitrogens with zero attached hydrogens (tertiary/aromatic N) is 3. The van der Waals surface area contributed by atoms with Crippen LogP contribution in [0.5, 0.6) is 6.01 Å². The van der Waals surface area contributed by atoms with Crippen molar-refractivity contribution in [3.05, 3.63) is 0 Å². The van der Waals surface area contributed by atoms with E-state index in [1.165, 1.54) is 0 Å². The maximum Gasteiger partial charge on any atom is 0.323 e. The summed E-state index contributed by atoms with van der Waals surface area (Å²) in [5.41, 5.74) is -0.791. The molecule has 1 heterocycles. The Bertz CT molecular complexity index is 423. The third kappa shape index (κ3) is 5.56. The number of aliphatic hydroxyl groups is 1. The second-order valence-electron chi connectivity index (χ2n) is 5.28. The maximum absolute atomic E-state index is 10.1. The molecule has 0 aliphatic rings. The number of ether oxygens (including phenoxy) is 1. The fraction of sp³-hybridized carbons (Fsp3) is 0.769. The van der Waals surface area contributed by atoms with Gasteiger partial charge in [-0.15, -0.1) is 0 Å². The van der Waals surface area contributed by atoms with Crippen LogP contribution in [0.4, 0.5) is 11.9 Å². The van der Waals surface area contributed by atoms with Crippen LogP contribution in [0.2, 0.25) is 0 Å². The van der Waals surface area contributed by atoms with E-state index in [-0.39, 0.29) is 12.1 Å². The van der Waals surface area contributed by atoms with Crippen LogP contribution < -0.4 is 15.4 Å². The predicted octanol–water partition coefficient (Wildman–Crippen LogP) is 1.66. The Kier molecular flexibility index (Phi) is 5.94. The topological polar surface area (TPSA) is 92.2 Å². The maximum atomic E-state index is 10.1. The molecule has 0 spiro atoms. The van der Waals surface area contributed by atoms with Crippen LogP contribution in [-0.4, -0.2) is 45.4 Å². The minimum atomic E-state index is -0.791. The molecule has 0 amide bonds. The van der Waals surface area contributed by atoms with Gasteiger partial charge in [-0.05, 0) is 27.2 Å². The van der Waals surface area contributed by atoms with Gasteiger partial charge in [-0.25, -0.2) is 0 Å². The van der Waals surface area contributed by atoms with E-state index in [0.717, 1.165) is 6.42 Å². The standard InChI is InChI=1S/C13H25N5O2/c1-6-7-13(4,19)8-15-11-16-10(14-5)17-12(18-11)20-9(2)3/h9,19H,6-8H2,1-5H3,(H2,14,15,16,17,18). The molecule has 1 aromatic rings. The Morgan fingerprint density at radius 1 is 1.25 bits per heavy atom. The lowest BCUT2D eigenvalue weighted by atomic mass is 10.0. The molecule has 0 saturated carbocycles. The van der Waals surface area contributed by atoms with Gasteiger partial charge in [0.05, 0.1) is 11.7 Å². The number of rotatable bonds is 8. The number of hydrogen-bond donors (Lipinski definition) is 3. The first-order chi connectivity index (χ1) is 9.36. The summed E-state index contributed by atoms with van der Waals surface area (Å²) in [4.78, 5) is 12.5. The van der Waals surface area contributed by atoms with Crippen molar-refractivity contribution in [2.75, 3.05) is 24.2 Å². The molecule has 0 aromatic carbocycles. The quantitative estimate of drug-likeness (QED) is 0.668. The normalized spacial score (nSPS) is 13.9. The second kappa shape index (κ2) is 7.23. The molecule has 0 saturated heterocycles. The SMILES string of the molecule is CCCC(C)(O)CNc1nc(NC)nc(OC(C)C)n1. The van der Waals surface area contributed by atoms with Gasteiger partial charge in [-0.2, -0.15) is 15.0 Å². The smallest absolute Gasteiger partial charge is 0.323 e. The van der Waals surface area contributed by atoms with Crippen molar-refractivity contribution in [2.24, 2.45) is 0 Å². The largest absolute Gasteiger partial charge is 0.461 e. The van der Waals surface area contributed by atoms with Crippen LogP contribution in [-0.2, 0) is 0 Å². The van der Waals surface area contributed by atoms with Gasteiger partial charge in [0.25, 0.3) is 0 Å². The first-order valence-corrected chi connectivity index (χ1v) is 6.93. The molecule has 7 heteroatoms. The zero-order valence-electron chi connectivity index (χ0n) is 12.9. The summed E-state index contributed by atoms with van der Waals surface area (Å²) in [6.07, 6.45) is 1.60. The lowest BCUT2D eigenvalue weighted by Crippen LogP contribution is -2.33. The molecule has 114 valence electrons. The summed E-state index contributed by atoms with van der Waals surface area (Å²) >= 11 is 0. The number of hydrogen-bond acceptors (Lipinski definition) is 7. The molecule has 20 heavy (non-hydrogen) atoms. The van der Waals surface area contributed by atoms with Crippen molar-refractivity contribution in [1.29, 1.82) is 0 Å². The zero-order chi connectivity index (χ0) is 15.2. The monoisotopic (exact) mass is 283 g/mol. The first-order valence-electron chi connectivity index (χ1n) is 6.93. The summed E-state index contributed by atoms with van der Waals surface area (Å²) in [7, 11) is 1.73. The molecule has 0 aliphatic carbocycles. The van der Waals surface area contributed by atoms with Crippen molar-refractivity contribution >= 4 is 11.9 Å². The van der Waals surface area contributed by atoms with E-state index in [1.54, 1.807) is 14.0 Å². The van der Waals surface area contributed by atoms with Gasteiger partial charge in [0.1, 0.15) is 0 Å². The molecule has 0 aliphatic heterocycles. The summed E-state index contributed by atoms with van der Waals surface area (Å²) < 4.78 is 5.47. The average molecular weight is 283 g/mol. The van der Waals surface area contributed by atoms with Gasteiger partial charge in [0.15, 0.2) is 0 Å². The van der Waals surface area contributed by atoms with Gasteiger partial charge >= 0.3 is 6.01 Å². The Hall–Kier alpha value is -1.63. The molecule has 3 N–H and O–H groups in total. The zero-order valence-corrected chi connectivity index (χ0v) is 12.9. The van der Waals surface area contributed by atoms with Crippen molar-refractivity contribution in [3.8, 4) is 6.01 Å². The molecule has 0 bridgehead atoms. The van der Waals surface area contributed by atoms with E-state index >= 15 is 0 Å². The first kappa shape index (κ1) is 16.4. The van der Waals surface area contributed by atoms with Gasteiger partial charge in [0.2, 0.25) is 11.9 Å². The summed E-state index contributed by atoms with van der Waals surface area (Å²) in [5.74, 6) is 0.810. The minimum Gasteiger partial charge on any atom is -0.461 e. The number of anilines is 2. The van der Waals surface area contributed by atoms with Crippen LogP contribution in [0.15, 0.2) is 0 Å². The van der Waals surface area contributed by atoms with E-state index in [9.17, 15) is 5.11 Å². The highest BCUT2D eigenvalue weighted by Gasteiger charge is 2.19. The average Bonchev–Trinajstić information content (AvgIpc) is 2.35. The number of aromatic nitrogens is 3. The van der Waals surface area contributed by atoms with Gasteiger partial charge in [-0.1, -0.05) is 13.3 Å². The Labute approximate surface area is 120 Å². The third-order valence-corrected chi connectivity index (χ3v) is 2.60. The van der Waals surface area contributed by atoms with E-state index in [4.69, 9.17) is 4.74 Å². The second-order valence-corrected chi connectivity index (χ2v) is 5.28. The molecule has 1 atom stereocenters. The van der Waals surface area contributed by atoms with Crippen LogP contribution in [0, 0.1) is 0 Å². The molecule has 1 aromatic heterocycles. The highest BCUT2D eigenvalue weighted by atomic mass is 16.5. The van der Waals surface area contributed by atoms with E-state index < -0.39 is 5.60 Å². The number of nitrogens with one attached hydrogen (secondary N) is 2. The van der Waals surface area contributed by atoms with Crippen LogP contribution in [0.1, 0.15) is 40.5 Å². The Morgan fingerprint density at radius 3 is 2.45 bits per heavy atom. The lowest BCUT2D eigenvalue weighted by molar-refractivity contribution is 0.0634. The predicted molar refractivity (Wildman–Crippen MR) is 79.2 cm³/mol. The molecular formula is C13H25N5O2. The van der Waals surface area contributed by atoms with E-state index in [1.807, 2.05) is 20.8 Å². The van der Waals surface area contributed by atoms with Crippen molar-refractivity contribution < 1.29 is 9.84 Å². The molecule has 7 nitrogen and oxygen atoms in total. The Morgan fingerprint density at radius 2 is 1.90 bits per heavy atom. The molecule has 0 fully saturated rings. The van der Waals surface area contributed by atoms with Crippen molar-refractivity contribution in [2.45, 2.75) is 52.2 Å². The molecule has 1 unspecified atom stereocenters. The van der Waals surface area contributed by atoms with Crippen molar-refractivity contribution in [3.63, 3.8) is 0 Å². The summed E-state index contributed by atoms with van der Waals surface area (Å²) in [6.45, 7) is 8.00. The van der Waals surface area contributed by atoms with Crippen molar-refractivity contribution in [1.82, 2.24) is 15.0 Å². The molecule has 0 radical (unpaired) electrons. The fourth-order valence-electron chi connectivity index (χ4n) is 1.71. The van der Waals surface area contributed by atoms with Crippen LogP contribution in [0.25, 0.3) is 0 Å². The molecular weight excluding hydrogens is 258 g/mol. The van der Waals surface area contributed by atoms with E-state index in [0.29, 0.717) is 24.9 Å². The summed E-state index contributed by atoms with van der Waals surface area (Å²) in [6, 6.07) is 0.261. The lowest BCUT2D eigenvalue weighted by Gasteiger charge is -2.23. The highest BCUT2D eigenvalue weighted by molar-refractivity contribution is 5.35. The minimum absolute atomic E-state index is 0.0156. The highest BCUT2D eigenvalue weighted by Crippen LogP contribution is 2.15. The Balaban J connectivity index is 2.78. The third-order valence-electron chi connectivity index (χ3n) is 2.60. The van der Waals surface area contributed by atoms with Gasteiger partial charge in [-0.3, -0.25) is 0 Å². The van der Waals surface area contributed by atoms with E-state index in [2.05, 4.69) is 25.6 Å². The van der Waals surface area contributed by atoms with Gasteiger partial charge < -0.3 is 20.5 Å². The van der Waals surface area contributed by atoms with Crippen LogP contribution in [0.3, 0.4) is 0 Å².